The summed E-state index contributed by atoms with van der Waals surface area (Å²) in [6.07, 6.45) is 4.12. The van der Waals surface area contributed by atoms with Gasteiger partial charge in [0.05, 0.1) is 11.9 Å². The first kappa shape index (κ1) is 9.24. The number of H-pyrrole nitrogens is 1. The molecule has 0 amide bonds. The number of hydrogen-bond donors (Lipinski definition) is 1. The summed E-state index contributed by atoms with van der Waals surface area (Å²) in [4.78, 5) is 13.3. The topological polar surface area (TPSA) is 49.0 Å². The van der Waals surface area contributed by atoms with Gasteiger partial charge in [-0.2, -0.15) is 5.10 Å². The Morgan fingerprint density at radius 2 is 2.21 bits per heavy atom. The summed E-state index contributed by atoms with van der Waals surface area (Å²) in [5.41, 5.74) is 0.821. The second-order valence-corrected chi connectivity index (χ2v) is 3.97. The molecule has 0 atom stereocenters. The van der Waals surface area contributed by atoms with Crippen molar-refractivity contribution < 1.29 is 0 Å². The van der Waals surface area contributed by atoms with Gasteiger partial charge in [0.15, 0.2) is 0 Å². The van der Waals surface area contributed by atoms with Crippen LogP contribution in [0.25, 0.3) is 0 Å². The predicted molar refractivity (Wildman–Crippen MR) is 55.5 cm³/mol. The SMILES string of the molecule is CC1CCN(c2cn[nH]c(=O)c2)CC1. The standard InChI is InChI=1S/C10H15N3O/c1-8-2-4-13(5-3-8)9-6-10(14)12-11-7-9/h6-8H,2-5H2,1H3,(H,12,14). The van der Waals surface area contributed by atoms with E-state index in [0.717, 1.165) is 24.7 Å². The van der Waals surface area contributed by atoms with Crippen molar-refractivity contribution in [2.75, 3.05) is 18.0 Å². The largest absolute Gasteiger partial charge is 0.370 e. The molecule has 1 fully saturated rings. The molecule has 4 nitrogen and oxygen atoms in total. The molecule has 0 spiro atoms. The maximum absolute atomic E-state index is 11.1. The van der Waals surface area contributed by atoms with Crippen molar-refractivity contribution in [2.45, 2.75) is 19.8 Å². The van der Waals surface area contributed by atoms with Crippen molar-refractivity contribution in [3.8, 4) is 0 Å². The molecule has 1 aliphatic heterocycles. The van der Waals surface area contributed by atoms with Crippen molar-refractivity contribution >= 4 is 5.69 Å². The van der Waals surface area contributed by atoms with Crippen LogP contribution in [0.2, 0.25) is 0 Å². The summed E-state index contributed by atoms with van der Waals surface area (Å²) < 4.78 is 0. The van der Waals surface area contributed by atoms with Crippen molar-refractivity contribution in [1.82, 2.24) is 10.2 Å². The first-order valence-electron chi connectivity index (χ1n) is 5.05. The average Bonchev–Trinajstić information content (AvgIpc) is 2.19. The summed E-state index contributed by atoms with van der Waals surface area (Å²) in [7, 11) is 0. The first-order valence-corrected chi connectivity index (χ1v) is 5.05. The molecular weight excluding hydrogens is 178 g/mol. The van der Waals surface area contributed by atoms with Crippen LogP contribution in [-0.4, -0.2) is 23.3 Å². The first-order chi connectivity index (χ1) is 6.75. The van der Waals surface area contributed by atoms with Gasteiger partial charge >= 0.3 is 0 Å². The Kier molecular flexibility index (Phi) is 2.52. The maximum Gasteiger partial charge on any atom is 0.266 e. The number of rotatable bonds is 1. The molecule has 1 saturated heterocycles. The Hall–Kier alpha value is -1.32. The van der Waals surface area contributed by atoms with Crippen molar-refractivity contribution in [3.05, 3.63) is 22.6 Å². The highest BCUT2D eigenvalue weighted by Gasteiger charge is 2.16. The third-order valence-electron chi connectivity index (χ3n) is 2.80. The van der Waals surface area contributed by atoms with E-state index in [4.69, 9.17) is 0 Å². The monoisotopic (exact) mass is 193 g/mol. The van der Waals surface area contributed by atoms with Crippen LogP contribution in [0.1, 0.15) is 19.8 Å². The highest BCUT2D eigenvalue weighted by molar-refractivity contribution is 5.42. The van der Waals surface area contributed by atoms with Gasteiger partial charge in [-0.1, -0.05) is 6.92 Å². The Morgan fingerprint density at radius 1 is 1.50 bits per heavy atom. The highest BCUT2D eigenvalue weighted by Crippen LogP contribution is 2.20. The number of nitrogens with one attached hydrogen (secondary N) is 1. The van der Waals surface area contributed by atoms with Gasteiger partial charge in [0.25, 0.3) is 5.56 Å². The van der Waals surface area contributed by atoms with Gasteiger partial charge < -0.3 is 4.90 Å². The molecule has 0 saturated carbocycles. The van der Waals surface area contributed by atoms with E-state index >= 15 is 0 Å². The number of hydrogen-bond acceptors (Lipinski definition) is 3. The van der Waals surface area contributed by atoms with Gasteiger partial charge in [0.2, 0.25) is 0 Å². The van der Waals surface area contributed by atoms with E-state index in [-0.39, 0.29) is 5.56 Å². The number of aromatic amines is 1. The average molecular weight is 193 g/mol. The quantitative estimate of drug-likeness (QED) is 0.724. The molecule has 2 rings (SSSR count). The molecule has 0 aromatic carbocycles. The molecule has 0 radical (unpaired) electrons. The Morgan fingerprint density at radius 3 is 2.86 bits per heavy atom. The van der Waals surface area contributed by atoms with Gasteiger partial charge in [-0.05, 0) is 18.8 Å². The smallest absolute Gasteiger partial charge is 0.266 e. The lowest BCUT2D eigenvalue weighted by atomic mass is 9.99. The highest BCUT2D eigenvalue weighted by atomic mass is 16.1. The van der Waals surface area contributed by atoms with Crippen LogP contribution in [0, 0.1) is 5.92 Å². The van der Waals surface area contributed by atoms with E-state index in [2.05, 4.69) is 22.0 Å². The van der Waals surface area contributed by atoms with E-state index in [9.17, 15) is 4.79 Å². The molecule has 0 aliphatic carbocycles. The fourth-order valence-electron chi connectivity index (χ4n) is 1.81. The van der Waals surface area contributed by atoms with E-state index in [1.54, 1.807) is 12.3 Å². The summed E-state index contributed by atoms with van der Waals surface area (Å²) in [6.45, 7) is 4.34. The van der Waals surface area contributed by atoms with Crippen LogP contribution in [0.3, 0.4) is 0 Å². The second kappa shape index (κ2) is 3.82. The normalized spacial score (nSPS) is 18.5. The maximum atomic E-state index is 11.1. The van der Waals surface area contributed by atoms with Crippen LogP contribution in [0.4, 0.5) is 5.69 Å². The predicted octanol–water partition coefficient (Wildman–Crippen LogP) is 1.01. The third-order valence-corrected chi connectivity index (χ3v) is 2.80. The fraction of sp³-hybridized carbons (Fsp3) is 0.600. The van der Waals surface area contributed by atoms with Gasteiger partial charge in [-0.25, -0.2) is 5.10 Å². The zero-order valence-electron chi connectivity index (χ0n) is 8.36. The zero-order chi connectivity index (χ0) is 9.97. The molecule has 1 N–H and O–H groups in total. The molecular formula is C10H15N3O. The zero-order valence-corrected chi connectivity index (χ0v) is 8.36. The summed E-state index contributed by atoms with van der Waals surface area (Å²) >= 11 is 0. The molecule has 0 bridgehead atoms. The molecule has 2 heterocycles. The Bertz CT molecular complexity index is 352. The lowest BCUT2D eigenvalue weighted by Gasteiger charge is -2.31. The lowest BCUT2D eigenvalue weighted by molar-refractivity contribution is 0.438. The minimum atomic E-state index is -0.124. The van der Waals surface area contributed by atoms with Crippen molar-refractivity contribution in [2.24, 2.45) is 5.92 Å². The summed E-state index contributed by atoms with van der Waals surface area (Å²) in [5, 5.41) is 6.19. The van der Waals surface area contributed by atoms with Gasteiger partial charge in [0, 0.05) is 19.2 Å². The van der Waals surface area contributed by atoms with Gasteiger partial charge in [-0.3, -0.25) is 4.79 Å². The van der Waals surface area contributed by atoms with E-state index in [1.165, 1.54) is 12.8 Å². The number of aromatic nitrogens is 2. The van der Waals surface area contributed by atoms with E-state index in [1.807, 2.05) is 0 Å². The lowest BCUT2D eigenvalue weighted by Crippen LogP contribution is -2.33. The van der Waals surface area contributed by atoms with Crippen molar-refractivity contribution in [1.29, 1.82) is 0 Å². The summed E-state index contributed by atoms with van der Waals surface area (Å²) in [6, 6.07) is 1.61. The molecule has 14 heavy (non-hydrogen) atoms. The molecule has 1 aliphatic rings. The van der Waals surface area contributed by atoms with Gasteiger partial charge in [0.1, 0.15) is 0 Å². The van der Waals surface area contributed by atoms with E-state index in [0.29, 0.717) is 0 Å². The van der Waals surface area contributed by atoms with E-state index < -0.39 is 0 Å². The van der Waals surface area contributed by atoms with Gasteiger partial charge in [-0.15, -0.1) is 0 Å². The summed E-state index contributed by atoms with van der Waals surface area (Å²) in [5.74, 6) is 0.807. The molecule has 1 aromatic heterocycles. The molecule has 0 unspecified atom stereocenters. The molecule has 76 valence electrons. The van der Waals surface area contributed by atoms with Crippen molar-refractivity contribution in [3.63, 3.8) is 0 Å². The van der Waals surface area contributed by atoms with Crippen LogP contribution in [-0.2, 0) is 0 Å². The Labute approximate surface area is 82.9 Å². The number of piperidine rings is 1. The second-order valence-electron chi connectivity index (χ2n) is 3.97. The third kappa shape index (κ3) is 1.95. The minimum Gasteiger partial charge on any atom is -0.370 e. The number of anilines is 1. The molecule has 1 aromatic rings. The van der Waals surface area contributed by atoms with Crippen LogP contribution in [0.15, 0.2) is 17.1 Å². The fourth-order valence-corrected chi connectivity index (χ4v) is 1.81. The minimum absolute atomic E-state index is 0.124. The Balaban J connectivity index is 2.12. The van der Waals surface area contributed by atoms with Crippen LogP contribution < -0.4 is 10.5 Å². The van der Waals surface area contributed by atoms with Crippen LogP contribution in [0.5, 0.6) is 0 Å². The van der Waals surface area contributed by atoms with Crippen LogP contribution >= 0.6 is 0 Å². The number of nitrogens with zero attached hydrogens (tertiary/aromatic N) is 2. The molecule has 4 heteroatoms.